The fourth-order valence-electron chi connectivity index (χ4n) is 4.35. The molecule has 1 saturated heterocycles. The molecule has 0 spiro atoms. The molecule has 32 heavy (non-hydrogen) atoms. The van der Waals surface area contributed by atoms with E-state index in [0.29, 0.717) is 36.5 Å². The van der Waals surface area contributed by atoms with E-state index in [4.69, 9.17) is 9.47 Å². The van der Waals surface area contributed by atoms with Crippen LogP contribution in [0, 0.1) is 11.6 Å². The van der Waals surface area contributed by atoms with Gasteiger partial charge in [0.1, 0.15) is 17.7 Å². The van der Waals surface area contributed by atoms with Gasteiger partial charge >= 0.3 is 0 Å². The van der Waals surface area contributed by atoms with E-state index in [0.717, 1.165) is 30.0 Å². The van der Waals surface area contributed by atoms with Crippen molar-refractivity contribution in [1.82, 2.24) is 0 Å². The van der Waals surface area contributed by atoms with E-state index in [1.807, 2.05) is 30.4 Å². The fourth-order valence-corrected chi connectivity index (χ4v) is 4.35. The molecule has 1 N–H and O–H groups in total. The summed E-state index contributed by atoms with van der Waals surface area (Å²) in [7, 11) is 0. The minimum atomic E-state index is -0.673. The van der Waals surface area contributed by atoms with Crippen molar-refractivity contribution < 1.29 is 23.0 Å². The van der Waals surface area contributed by atoms with Crippen LogP contribution in [0.5, 0.6) is 0 Å². The molecule has 164 valence electrons. The normalized spacial score (nSPS) is 20.7. The third kappa shape index (κ3) is 4.16. The molecule has 0 saturated carbocycles. The van der Waals surface area contributed by atoms with Gasteiger partial charge in [-0.2, -0.15) is 0 Å². The Balaban J connectivity index is 1.40. The van der Waals surface area contributed by atoms with Crippen molar-refractivity contribution in [2.24, 2.45) is 0 Å². The second kappa shape index (κ2) is 8.81. The van der Waals surface area contributed by atoms with Crippen molar-refractivity contribution in [3.05, 3.63) is 94.6 Å². The third-order valence-electron chi connectivity index (χ3n) is 6.02. The SMILES string of the molecule is O=C1C2=CC=CC(OC3CCOCC3)C2=CCc2cc(Nc3ccc(F)cc3F)ccc21. The van der Waals surface area contributed by atoms with E-state index in [-0.39, 0.29) is 23.7 Å². The van der Waals surface area contributed by atoms with E-state index in [1.54, 1.807) is 12.1 Å². The zero-order chi connectivity index (χ0) is 22.1. The first-order valence-electron chi connectivity index (χ1n) is 10.8. The maximum absolute atomic E-state index is 14.0. The van der Waals surface area contributed by atoms with Crippen LogP contribution in [0.3, 0.4) is 0 Å². The van der Waals surface area contributed by atoms with Gasteiger partial charge in [0.15, 0.2) is 5.78 Å². The number of nitrogens with one attached hydrogen (secondary N) is 1. The van der Waals surface area contributed by atoms with Gasteiger partial charge in [0.2, 0.25) is 0 Å². The smallest absolute Gasteiger partial charge is 0.193 e. The molecule has 2 aliphatic carbocycles. The number of hydrogen-bond donors (Lipinski definition) is 1. The van der Waals surface area contributed by atoms with Crippen molar-refractivity contribution in [2.75, 3.05) is 18.5 Å². The Morgan fingerprint density at radius 2 is 1.91 bits per heavy atom. The number of carbonyl (C=O) groups is 1. The number of ether oxygens (including phenoxy) is 2. The highest BCUT2D eigenvalue weighted by molar-refractivity contribution is 6.13. The topological polar surface area (TPSA) is 47.6 Å². The minimum Gasteiger partial charge on any atom is -0.381 e. The lowest BCUT2D eigenvalue weighted by atomic mass is 9.90. The number of fused-ring (bicyclic) bond motifs is 2. The number of halogens is 2. The van der Waals surface area contributed by atoms with Gasteiger partial charge in [-0.05, 0) is 60.7 Å². The molecule has 2 aromatic rings. The molecular formula is C26H23F2NO3. The Hall–Kier alpha value is -3.09. The van der Waals surface area contributed by atoms with Gasteiger partial charge in [0.25, 0.3) is 0 Å². The molecule has 2 aromatic carbocycles. The lowest BCUT2D eigenvalue weighted by Crippen LogP contribution is -2.30. The van der Waals surface area contributed by atoms with Crippen LogP contribution in [0.25, 0.3) is 0 Å². The summed E-state index contributed by atoms with van der Waals surface area (Å²) in [5.74, 6) is -1.35. The maximum atomic E-state index is 14.0. The average Bonchev–Trinajstić information content (AvgIpc) is 2.94. The van der Waals surface area contributed by atoms with Crippen LogP contribution in [-0.4, -0.2) is 31.2 Å². The van der Waals surface area contributed by atoms with Crippen LogP contribution in [-0.2, 0) is 15.9 Å². The number of anilines is 2. The molecule has 4 nitrogen and oxygen atoms in total. The molecule has 0 radical (unpaired) electrons. The summed E-state index contributed by atoms with van der Waals surface area (Å²) in [5.41, 5.74) is 3.80. The predicted molar refractivity (Wildman–Crippen MR) is 118 cm³/mol. The second-order valence-corrected chi connectivity index (χ2v) is 8.15. The standard InChI is InChI=1S/C26H23F2NO3/c27-17-5-9-24(23(28)15-17)29-18-6-8-20-16(14-18)4-7-21-22(26(20)30)2-1-3-25(21)32-19-10-12-31-13-11-19/h1-3,5-9,14-15,19,25,29H,4,10-13H2. The molecular weight excluding hydrogens is 412 g/mol. The zero-order valence-corrected chi connectivity index (χ0v) is 17.4. The summed E-state index contributed by atoms with van der Waals surface area (Å²) < 4.78 is 39.0. The number of benzene rings is 2. The fraction of sp³-hybridized carbons (Fsp3) is 0.269. The van der Waals surface area contributed by atoms with Crippen LogP contribution in [0.4, 0.5) is 20.2 Å². The Morgan fingerprint density at radius 1 is 1.06 bits per heavy atom. The number of allylic oxidation sites excluding steroid dienone is 3. The Morgan fingerprint density at radius 3 is 2.72 bits per heavy atom. The summed E-state index contributed by atoms with van der Waals surface area (Å²) >= 11 is 0. The molecule has 1 unspecified atom stereocenters. The summed E-state index contributed by atoms with van der Waals surface area (Å²) in [5, 5.41) is 2.97. The molecule has 1 aliphatic heterocycles. The molecule has 1 heterocycles. The van der Waals surface area contributed by atoms with Crippen molar-refractivity contribution in [2.45, 2.75) is 31.5 Å². The van der Waals surface area contributed by atoms with Crippen molar-refractivity contribution in [3.8, 4) is 0 Å². The molecule has 0 bridgehead atoms. The summed E-state index contributed by atoms with van der Waals surface area (Å²) in [6, 6.07) is 8.72. The Bertz CT molecular complexity index is 1150. The highest BCUT2D eigenvalue weighted by Gasteiger charge is 2.30. The molecule has 3 aliphatic rings. The average molecular weight is 435 g/mol. The quantitative estimate of drug-likeness (QED) is 0.695. The highest BCUT2D eigenvalue weighted by atomic mass is 19.1. The minimum absolute atomic E-state index is 0.0480. The highest BCUT2D eigenvalue weighted by Crippen LogP contribution is 2.33. The molecule has 1 fully saturated rings. The van der Waals surface area contributed by atoms with E-state index in [9.17, 15) is 13.6 Å². The number of rotatable bonds is 4. The van der Waals surface area contributed by atoms with Gasteiger partial charge in [0.05, 0.1) is 11.8 Å². The number of hydrogen-bond acceptors (Lipinski definition) is 4. The van der Waals surface area contributed by atoms with E-state index < -0.39 is 11.6 Å². The van der Waals surface area contributed by atoms with Gasteiger partial charge in [-0.25, -0.2) is 8.78 Å². The van der Waals surface area contributed by atoms with Crippen LogP contribution < -0.4 is 5.32 Å². The van der Waals surface area contributed by atoms with Crippen LogP contribution in [0.2, 0.25) is 0 Å². The largest absolute Gasteiger partial charge is 0.381 e. The van der Waals surface area contributed by atoms with Crippen LogP contribution in [0.15, 0.2) is 71.8 Å². The first-order valence-corrected chi connectivity index (χ1v) is 10.8. The van der Waals surface area contributed by atoms with Crippen molar-refractivity contribution in [1.29, 1.82) is 0 Å². The lowest BCUT2D eigenvalue weighted by Gasteiger charge is -2.29. The van der Waals surface area contributed by atoms with Gasteiger partial charge in [-0.1, -0.05) is 24.3 Å². The van der Waals surface area contributed by atoms with Crippen molar-refractivity contribution >= 4 is 17.2 Å². The Kier molecular flexibility index (Phi) is 5.72. The second-order valence-electron chi connectivity index (χ2n) is 8.15. The number of carbonyl (C=O) groups excluding carboxylic acids is 1. The van der Waals surface area contributed by atoms with E-state index in [1.165, 1.54) is 12.1 Å². The predicted octanol–water partition coefficient (Wildman–Crippen LogP) is 5.43. The monoisotopic (exact) mass is 435 g/mol. The molecule has 5 rings (SSSR count). The van der Waals surface area contributed by atoms with E-state index >= 15 is 0 Å². The van der Waals surface area contributed by atoms with Gasteiger partial charge in [-0.15, -0.1) is 0 Å². The van der Waals surface area contributed by atoms with Gasteiger partial charge in [0, 0.05) is 36.1 Å². The first kappa shape index (κ1) is 20.8. The number of Topliss-reactive ketones (excluding diaryl/α,β-unsaturated/α-hetero) is 1. The molecule has 0 aromatic heterocycles. The van der Waals surface area contributed by atoms with Gasteiger partial charge < -0.3 is 14.8 Å². The summed E-state index contributed by atoms with van der Waals surface area (Å²) in [6.07, 6.45) is 9.85. The lowest BCUT2D eigenvalue weighted by molar-refractivity contribution is -0.0432. The van der Waals surface area contributed by atoms with E-state index in [2.05, 4.69) is 5.32 Å². The number of ketones is 1. The van der Waals surface area contributed by atoms with Crippen molar-refractivity contribution in [3.63, 3.8) is 0 Å². The molecule has 1 atom stereocenters. The summed E-state index contributed by atoms with van der Waals surface area (Å²) in [4.78, 5) is 13.3. The molecule has 6 heteroatoms. The van der Waals surface area contributed by atoms with Crippen LogP contribution in [0.1, 0.15) is 28.8 Å². The Labute approximate surface area is 185 Å². The molecule has 0 amide bonds. The zero-order valence-electron chi connectivity index (χ0n) is 17.4. The van der Waals surface area contributed by atoms with Gasteiger partial charge in [-0.3, -0.25) is 4.79 Å². The third-order valence-corrected chi connectivity index (χ3v) is 6.02. The maximum Gasteiger partial charge on any atom is 0.193 e. The first-order chi connectivity index (χ1) is 15.6. The van der Waals surface area contributed by atoms with Crippen LogP contribution >= 0.6 is 0 Å². The summed E-state index contributed by atoms with van der Waals surface area (Å²) in [6.45, 7) is 1.38.